The van der Waals surface area contributed by atoms with E-state index < -0.39 is 18.0 Å². The van der Waals surface area contributed by atoms with E-state index in [0.717, 1.165) is 24.9 Å². The maximum absolute atomic E-state index is 10.4. The van der Waals surface area contributed by atoms with Gasteiger partial charge in [-0.2, -0.15) is 0 Å². The van der Waals surface area contributed by atoms with Crippen molar-refractivity contribution in [2.45, 2.75) is 31.3 Å². The first-order valence-electron chi connectivity index (χ1n) is 6.49. The van der Waals surface area contributed by atoms with Crippen LogP contribution in [-0.2, 0) is 33.1 Å². The topological polar surface area (TPSA) is 113 Å². The number of nitrogens with two attached hydrogens (primary N) is 1. The van der Waals surface area contributed by atoms with Crippen molar-refractivity contribution in [1.82, 2.24) is 5.32 Å². The van der Waals surface area contributed by atoms with E-state index in [2.05, 4.69) is 5.32 Å². The summed E-state index contributed by atoms with van der Waals surface area (Å²) in [4.78, 5) is 20.5. The second-order valence-electron chi connectivity index (χ2n) is 4.62. The van der Waals surface area contributed by atoms with Crippen LogP contribution in [0.2, 0.25) is 0 Å². The summed E-state index contributed by atoms with van der Waals surface area (Å²) in [5.41, 5.74) is 6.30. The van der Waals surface area contributed by atoms with Crippen LogP contribution in [0.15, 0.2) is 30.3 Å². The fourth-order valence-electron chi connectivity index (χ4n) is 1.85. The number of carboxylic acid groups (broad SMARTS) is 2. The molecule has 5 N–H and O–H groups in total. The Kier molecular flexibility index (Phi) is 9.65. The van der Waals surface area contributed by atoms with Crippen molar-refractivity contribution in [3.63, 3.8) is 0 Å². The minimum absolute atomic E-state index is 0. The van der Waals surface area contributed by atoms with Crippen LogP contribution in [0.5, 0.6) is 0 Å². The molecule has 1 saturated heterocycles. The third kappa shape index (κ3) is 7.82. The summed E-state index contributed by atoms with van der Waals surface area (Å²) in [7, 11) is 0. The number of hydrogen-bond donors (Lipinski definition) is 4. The molecule has 21 heavy (non-hydrogen) atoms. The molecule has 1 heterocycles. The van der Waals surface area contributed by atoms with Gasteiger partial charge >= 0.3 is 29.0 Å². The Hall–Kier alpha value is -1.40. The molecule has 1 fully saturated rings. The van der Waals surface area contributed by atoms with Crippen molar-refractivity contribution in [1.29, 1.82) is 0 Å². The fourth-order valence-corrected chi connectivity index (χ4v) is 1.85. The van der Waals surface area contributed by atoms with Crippen molar-refractivity contribution in [2.75, 3.05) is 6.54 Å². The summed E-state index contributed by atoms with van der Waals surface area (Å²) >= 11 is 0. The van der Waals surface area contributed by atoms with Gasteiger partial charge in [-0.3, -0.25) is 9.59 Å². The van der Waals surface area contributed by atoms with Crippen LogP contribution < -0.4 is 11.1 Å². The molecule has 1 aliphatic rings. The second-order valence-corrected chi connectivity index (χ2v) is 4.62. The van der Waals surface area contributed by atoms with Gasteiger partial charge in [0, 0.05) is 0 Å². The summed E-state index contributed by atoms with van der Waals surface area (Å²) in [6.45, 7) is 0.858. The molecule has 6 nitrogen and oxygen atoms in total. The van der Waals surface area contributed by atoms with Crippen molar-refractivity contribution >= 4 is 11.9 Å². The first kappa shape index (κ1) is 19.6. The summed E-state index contributed by atoms with van der Waals surface area (Å²) in [6, 6.07) is 8.28. The third-order valence-electron chi connectivity index (χ3n) is 2.97. The Morgan fingerprint density at radius 3 is 2.29 bits per heavy atom. The molecule has 0 aliphatic carbocycles. The van der Waals surface area contributed by atoms with Gasteiger partial charge in [0.15, 0.2) is 0 Å². The van der Waals surface area contributed by atoms with Crippen molar-refractivity contribution in [3.05, 3.63) is 35.9 Å². The standard InChI is InChI=1S/C9H11NO2.C5H9NO2.Cu.H/c10-8(9(11)12)6-7-4-2-1-3-5-7;7-5(8)4-2-1-3-6-4;;/h1-5,8H,6,10H2,(H,11,12);4,6H,1-3H2,(H,7,8);;/q;;+1;/t8-;4-;;/m00../s1. The monoisotopic (exact) mass is 344 g/mol. The van der Waals surface area contributed by atoms with E-state index in [0.29, 0.717) is 6.42 Å². The van der Waals surface area contributed by atoms with Gasteiger partial charge in [0.1, 0.15) is 12.1 Å². The molecule has 0 spiro atoms. The van der Waals surface area contributed by atoms with E-state index in [1.807, 2.05) is 30.3 Å². The normalized spacial score (nSPS) is 17.9. The van der Waals surface area contributed by atoms with E-state index in [-0.39, 0.29) is 23.1 Å². The number of aliphatic carboxylic acids is 2. The number of carbonyl (C=O) groups is 2. The van der Waals surface area contributed by atoms with Crippen molar-refractivity contribution in [3.8, 4) is 0 Å². The van der Waals surface area contributed by atoms with E-state index in [1.54, 1.807) is 0 Å². The first-order valence-corrected chi connectivity index (χ1v) is 6.49. The van der Waals surface area contributed by atoms with Crippen LogP contribution in [-0.4, -0.2) is 40.8 Å². The van der Waals surface area contributed by atoms with Gasteiger partial charge in [0.25, 0.3) is 0 Å². The maximum atomic E-state index is 10.4. The Labute approximate surface area is 134 Å². The van der Waals surface area contributed by atoms with Gasteiger partial charge in [0.2, 0.25) is 0 Å². The van der Waals surface area contributed by atoms with E-state index in [1.165, 1.54) is 0 Å². The van der Waals surface area contributed by atoms with E-state index in [4.69, 9.17) is 15.9 Å². The molecule has 0 aromatic heterocycles. The number of carboxylic acids is 2. The van der Waals surface area contributed by atoms with Crippen LogP contribution >= 0.6 is 0 Å². The number of hydrogen-bond acceptors (Lipinski definition) is 4. The molecule has 1 aromatic rings. The van der Waals surface area contributed by atoms with Crippen molar-refractivity contribution in [2.24, 2.45) is 5.73 Å². The molecule has 2 atom stereocenters. The predicted octanol–water partition coefficient (Wildman–Crippen LogP) is 0.194. The van der Waals surface area contributed by atoms with Crippen LogP contribution in [0, 0.1) is 0 Å². The van der Waals surface area contributed by atoms with E-state index >= 15 is 0 Å². The predicted molar refractivity (Wildman–Crippen MR) is 75.8 cm³/mol. The SMILES string of the molecule is N[C@@H](Cc1ccccc1)C(=O)O.O=C(O)[C@@H]1CCCN1.[CuH+]. The molecule has 7 heteroatoms. The van der Waals surface area contributed by atoms with Crippen LogP contribution in [0.3, 0.4) is 0 Å². The minimum atomic E-state index is -0.959. The number of rotatable bonds is 4. The van der Waals surface area contributed by atoms with Gasteiger partial charge < -0.3 is 21.3 Å². The molecule has 1 aliphatic heterocycles. The summed E-state index contributed by atoms with van der Waals surface area (Å²) < 4.78 is 0. The molecule has 121 valence electrons. The van der Waals surface area contributed by atoms with Crippen molar-refractivity contribution < 1.29 is 36.9 Å². The molecule has 0 radical (unpaired) electrons. The second kappa shape index (κ2) is 10.3. The molecular formula is C14H21CuN2O4+. The summed E-state index contributed by atoms with van der Waals surface area (Å²) in [6.07, 6.45) is 2.17. The molecule has 0 saturated carbocycles. The van der Waals surface area contributed by atoms with Gasteiger partial charge in [-0.1, -0.05) is 30.3 Å². The Morgan fingerprint density at radius 2 is 1.90 bits per heavy atom. The summed E-state index contributed by atoms with van der Waals surface area (Å²) in [5.74, 6) is -1.68. The van der Waals surface area contributed by atoms with Crippen LogP contribution in [0.1, 0.15) is 18.4 Å². The van der Waals surface area contributed by atoms with Crippen LogP contribution in [0.4, 0.5) is 0 Å². The average Bonchev–Trinajstić information content (AvgIpc) is 2.94. The molecule has 0 bridgehead atoms. The first-order chi connectivity index (χ1) is 9.50. The molecule has 0 unspecified atom stereocenters. The molecule has 0 amide bonds. The number of benzene rings is 1. The van der Waals surface area contributed by atoms with Crippen LogP contribution in [0.25, 0.3) is 0 Å². The number of nitrogens with one attached hydrogen (secondary N) is 1. The van der Waals surface area contributed by atoms with E-state index in [9.17, 15) is 9.59 Å². The Bertz CT molecular complexity index is 436. The third-order valence-corrected chi connectivity index (χ3v) is 2.97. The molecule has 1 aromatic carbocycles. The molecular weight excluding hydrogens is 324 g/mol. The zero-order valence-electron chi connectivity index (χ0n) is 11.5. The quantitative estimate of drug-likeness (QED) is 0.580. The zero-order chi connectivity index (χ0) is 15.0. The fraction of sp³-hybridized carbons (Fsp3) is 0.429. The average molecular weight is 345 g/mol. The molecule has 2 rings (SSSR count). The van der Waals surface area contributed by atoms with Gasteiger partial charge in [-0.05, 0) is 31.4 Å². The Morgan fingerprint density at radius 1 is 1.29 bits per heavy atom. The summed E-state index contributed by atoms with van der Waals surface area (Å²) in [5, 5.41) is 19.7. The van der Waals surface area contributed by atoms with Gasteiger partial charge in [-0.15, -0.1) is 0 Å². The zero-order valence-corrected chi connectivity index (χ0v) is 12.5. The Balaban J connectivity index is 0.000000390. The van der Waals surface area contributed by atoms with Gasteiger partial charge in [0.05, 0.1) is 0 Å². The van der Waals surface area contributed by atoms with Gasteiger partial charge in [-0.25, -0.2) is 0 Å².